The summed E-state index contributed by atoms with van der Waals surface area (Å²) in [6.45, 7) is 0.269. The fourth-order valence-corrected chi connectivity index (χ4v) is 2.35. The lowest BCUT2D eigenvalue weighted by Gasteiger charge is -2.27. The van der Waals surface area contributed by atoms with Crippen molar-refractivity contribution in [3.05, 3.63) is 30.0 Å². The van der Waals surface area contributed by atoms with Crippen molar-refractivity contribution in [2.24, 2.45) is 0 Å². The van der Waals surface area contributed by atoms with E-state index in [0.29, 0.717) is 16.6 Å². The number of anilines is 1. The van der Waals surface area contributed by atoms with Crippen LogP contribution in [0.5, 0.6) is 0 Å². The Balaban J connectivity index is 2.11. The molecule has 20 heavy (non-hydrogen) atoms. The van der Waals surface area contributed by atoms with Crippen molar-refractivity contribution in [3.63, 3.8) is 0 Å². The molecule has 0 atom stereocenters. The normalized spacial score (nSPS) is 15.5. The number of rotatable bonds is 2. The van der Waals surface area contributed by atoms with Crippen LogP contribution in [0.1, 0.15) is 16.8 Å². The minimum Gasteiger partial charge on any atom is -0.478 e. The van der Waals surface area contributed by atoms with E-state index in [4.69, 9.17) is 5.11 Å². The van der Waals surface area contributed by atoms with Gasteiger partial charge in [-0.15, -0.1) is 0 Å². The van der Waals surface area contributed by atoms with E-state index in [9.17, 15) is 14.4 Å². The lowest BCUT2D eigenvalue weighted by atomic mass is 10.1. The topological polar surface area (TPSA) is 102 Å². The molecular weight excluding hydrogens is 262 g/mol. The summed E-state index contributed by atoms with van der Waals surface area (Å²) in [6, 6.07) is 4.17. The van der Waals surface area contributed by atoms with Crippen molar-refractivity contribution in [1.29, 1.82) is 0 Å². The molecule has 3 N–H and O–H groups in total. The van der Waals surface area contributed by atoms with E-state index < -0.39 is 12.0 Å². The van der Waals surface area contributed by atoms with Gasteiger partial charge in [0.1, 0.15) is 0 Å². The number of hydrogen-bond donors (Lipinski definition) is 3. The average molecular weight is 273 g/mol. The highest BCUT2D eigenvalue weighted by Crippen LogP contribution is 2.29. The molecule has 1 saturated heterocycles. The van der Waals surface area contributed by atoms with Crippen molar-refractivity contribution in [2.45, 2.75) is 6.42 Å². The molecule has 7 heteroatoms. The van der Waals surface area contributed by atoms with Gasteiger partial charge in [-0.05, 0) is 18.2 Å². The van der Waals surface area contributed by atoms with E-state index in [-0.39, 0.29) is 24.4 Å². The van der Waals surface area contributed by atoms with Crippen molar-refractivity contribution in [2.75, 3.05) is 11.4 Å². The maximum absolute atomic E-state index is 11.9. The first kappa shape index (κ1) is 12.2. The van der Waals surface area contributed by atoms with Gasteiger partial charge in [-0.3, -0.25) is 15.0 Å². The molecule has 2 aromatic rings. The Kier molecular flexibility index (Phi) is 2.67. The van der Waals surface area contributed by atoms with Gasteiger partial charge in [0.15, 0.2) is 0 Å². The number of aromatic carboxylic acids is 1. The number of nitrogens with zero attached hydrogens (tertiary/aromatic N) is 1. The Hall–Kier alpha value is -2.83. The van der Waals surface area contributed by atoms with Crippen LogP contribution in [-0.4, -0.2) is 34.5 Å². The summed E-state index contributed by atoms with van der Waals surface area (Å²) >= 11 is 0. The minimum absolute atomic E-state index is 0.165. The van der Waals surface area contributed by atoms with E-state index in [0.717, 1.165) is 0 Å². The molecule has 3 amide bonds. The SMILES string of the molecule is O=C1CCN(c2ccc(C(=O)O)c3cc[nH]c23)C(=O)N1. The van der Waals surface area contributed by atoms with Crippen LogP contribution in [0, 0.1) is 0 Å². The highest BCUT2D eigenvalue weighted by atomic mass is 16.4. The number of carbonyl (C=O) groups excluding carboxylic acids is 2. The molecule has 0 unspecified atom stereocenters. The molecule has 1 aromatic carbocycles. The van der Waals surface area contributed by atoms with Crippen molar-refractivity contribution < 1.29 is 19.5 Å². The fraction of sp³-hybridized carbons (Fsp3) is 0.154. The number of nitrogens with one attached hydrogen (secondary N) is 2. The van der Waals surface area contributed by atoms with Gasteiger partial charge in [0.2, 0.25) is 5.91 Å². The largest absolute Gasteiger partial charge is 0.478 e. The molecule has 0 spiro atoms. The molecule has 0 bridgehead atoms. The molecule has 2 heterocycles. The summed E-state index contributed by atoms with van der Waals surface area (Å²) in [7, 11) is 0. The van der Waals surface area contributed by atoms with Crippen molar-refractivity contribution in [3.8, 4) is 0 Å². The molecule has 1 aliphatic rings. The summed E-state index contributed by atoms with van der Waals surface area (Å²) < 4.78 is 0. The molecule has 0 saturated carbocycles. The van der Waals surface area contributed by atoms with Gasteiger partial charge in [0.05, 0.1) is 16.8 Å². The number of carboxylic acid groups (broad SMARTS) is 1. The number of benzene rings is 1. The molecule has 7 nitrogen and oxygen atoms in total. The Morgan fingerprint density at radius 1 is 1.25 bits per heavy atom. The van der Waals surface area contributed by atoms with Crippen LogP contribution in [0.3, 0.4) is 0 Å². The van der Waals surface area contributed by atoms with Crippen molar-refractivity contribution >= 4 is 34.5 Å². The Labute approximate surface area is 113 Å². The third-order valence-electron chi connectivity index (χ3n) is 3.28. The standard InChI is InChI=1S/C13H11N3O4/c17-10-4-6-16(13(20)15-10)9-2-1-8(12(18)19)7-3-5-14-11(7)9/h1-3,5,14H,4,6H2,(H,18,19)(H,15,17,20). The van der Waals surface area contributed by atoms with Gasteiger partial charge in [0.25, 0.3) is 0 Å². The summed E-state index contributed by atoms with van der Waals surface area (Å²) in [5.41, 5.74) is 1.29. The molecular formula is C13H11N3O4. The van der Waals surface area contributed by atoms with Gasteiger partial charge in [-0.1, -0.05) is 0 Å². The quantitative estimate of drug-likeness (QED) is 0.767. The van der Waals surface area contributed by atoms with E-state index in [1.54, 1.807) is 18.3 Å². The van der Waals surface area contributed by atoms with Gasteiger partial charge < -0.3 is 10.1 Å². The molecule has 1 aromatic heterocycles. The highest BCUT2D eigenvalue weighted by molar-refractivity contribution is 6.12. The second-order valence-corrected chi connectivity index (χ2v) is 4.46. The number of carboxylic acids is 1. The monoisotopic (exact) mass is 273 g/mol. The van der Waals surface area contributed by atoms with Crippen LogP contribution >= 0.6 is 0 Å². The minimum atomic E-state index is -1.03. The fourth-order valence-electron chi connectivity index (χ4n) is 2.35. The summed E-state index contributed by atoms with van der Waals surface area (Å²) in [5.74, 6) is -1.34. The van der Waals surface area contributed by atoms with Crippen molar-refractivity contribution in [1.82, 2.24) is 10.3 Å². The lowest BCUT2D eigenvalue weighted by Crippen LogP contribution is -2.49. The maximum atomic E-state index is 11.9. The predicted molar refractivity (Wildman–Crippen MR) is 70.8 cm³/mol. The highest BCUT2D eigenvalue weighted by Gasteiger charge is 2.26. The van der Waals surface area contributed by atoms with Gasteiger partial charge in [-0.2, -0.15) is 0 Å². The maximum Gasteiger partial charge on any atom is 0.336 e. The first-order valence-electron chi connectivity index (χ1n) is 6.02. The van der Waals surface area contributed by atoms with Crippen LogP contribution < -0.4 is 10.2 Å². The summed E-state index contributed by atoms with van der Waals surface area (Å²) in [4.78, 5) is 38.5. The number of urea groups is 1. The van der Waals surface area contributed by atoms with Gasteiger partial charge >= 0.3 is 12.0 Å². The number of H-pyrrole nitrogens is 1. The second-order valence-electron chi connectivity index (χ2n) is 4.46. The number of imide groups is 1. The first-order valence-corrected chi connectivity index (χ1v) is 6.02. The third kappa shape index (κ3) is 1.80. The van der Waals surface area contributed by atoms with Crippen LogP contribution in [0.25, 0.3) is 10.9 Å². The predicted octanol–water partition coefficient (Wildman–Crippen LogP) is 1.31. The zero-order chi connectivity index (χ0) is 14.3. The van der Waals surface area contributed by atoms with Crippen LogP contribution in [0.4, 0.5) is 10.5 Å². The van der Waals surface area contributed by atoms with E-state index in [2.05, 4.69) is 10.3 Å². The summed E-state index contributed by atoms with van der Waals surface area (Å²) in [6.07, 6.45) is 1.84. The first-order chi connectivity index (χ1) is 9.58. The van der Waals surface area contributed by atoms with Gasteiger partial charge in [-0.25, -0.2) is 9.59 Å². The number of aromatic amines is 1. The van der Waals surface area contributed by atoms with E-state index in [1.807, 2.05) is 0 Å². The Morgan fingerprint density at radius 2 is 2.05 bits per heavy atom. The molecule has 0 aliphatic carbocycles. The van der Waals surface area contributed by atoms with Crippen LogP contribution in [-0.2, 0) is 4.79 Å². The smallest absolute Gasteiger partial charge is 0.336 e. The molecule has 102 valence electrons. The van der Waals surface area contributed by atoms with E-state index in [1.165, 1.54) is 11.0 Å². The Bertz CT molecular complexity index is 734. The average Bonchev–Trinajstić information content (AvgIpc) is 2.87. The number of hydrogen-bond acceptors (Lipinski definition) is 3. The zero-order valence-corrected chi connectivity index (χ0v) is 10.3. The number of amides is 3. The number of aromatic nitrogens is 1. The summed E-state index contributed by atoms with van der Waals surface area (Å²) in [5, 5.41) is 11.9. The lowest BCUT2D eigenvalue weighted by molar-refractivity contribution is -0.120. The number of carbonyl (C=O) groups is 3. The molecule has 1 fully saturated rings. The molecule has 1 aliphatic heterocycles. The second kappa shape index (κ2) is 4.37. The third-order valence-corrected chi connectivity index (χ3v) is 3.28. The zero-order valence-electron chi connectivity index (χ0n) is 10.3. The van der Waals surface area contributed by atoms with Crippen LogP contribution in [0.2, 0.25) is 0 Å². The molecule has 3 rings (SSSR count). The van der Waals surface area contributed by atoms with E-state index >= 15 is 0 Å². The molecule has 0 radical (unpaired) electrons. The number of fused-ring (bicyclic) bond motifs is 1. The Morgan fingerprint density at radius 3 is 2.75 bits per heavy atom. The van der Waals surface area contributed by atoms with Crippen LogP contribution in [0.15, 0.2) is 24.4 Å². The van der Waals surface area contributed by atoms with Gasteiger partial charge in [0, 0.05) is 24.5 Å².